The van der Waals surface area contributed by atoms with Crippen LogP contribution in [0.5, 0.6) is 5.75 Å². The monoisotopic (exact) mass is 332 g/mol. The van der Waals surface area contributed by atoms with Gasteiger partial charge in [0.05, 0.1) is 17.3 Å². The predicted octanol–water partition coefficient (Wildman–Crippen LogP) is 3.72. The van der Waals surface area contributed by atoms with Crippen molar-refractivity contribution in [3.8, 4) is 5.75 Å². The van der Waals surface area contributed by atoms with Crippen molar-refractivity contribution >= 4 is 29.0 Å². The molecule has 0 saturated carbocycles. The van der Waals surface area contributed by atoms with Gasteiger partial charge in [-0.05, 0) is 43.3 Å². The van der Waals surface area contributed by atoms with Gasteiger partial charge in [0.1, 0.15) is 5.75 Å². The molecule has 2 aromatic rings. The standard InChI is InChI=1S/C16H16N2O4S/c1-11(23-15-9-5-13(6-10-15)18(20)21)16(19)17-12-3-7-14(22-2)8-4-12/h3-11H,1-2H3,(H,17,19)/t11-/m1/s1. The number of nitro benzene ring substituents is 1. The van der Waals surface area contributed by atoms with Crippen LogP contribution in [0.1, 0.15) is 6.92 Å². The Hall–Kier alpha value is -2.54. The summed E-state index contributed by atoms with van der Waals surface area (Å²) in [5.41, 5.74) is 0.719. The molecule has 120 valence electrons. The molecule has 0 radical (unpaired) electrons. The fraction of sp³-hybridized carbons (Fsp3) is 0.188. The summed E-state index contributed by atoms with van der Waals surface area (Å²) in [6.45, 7) is 1.78. The normalized spacial score (nSPS) is 11.6. The lowest BCUT2D eigenvalue weighted by Crippen LogP contribution is -2.22. The molecule has 0 fully saturated rings. The molecule has 1 amide bonds. The van der Waals surface area contributed by atoms with Crippen molar-refractivity contribution < 1.29 is 14.5 Å². The maximum atomic E-state index is 12.2. The average molecular weight is 332 g/mol. The van der Waals surface area contributed by atoms with Crippen LogP contribution in [-0.4, -0.2) is 23.2 Å². The highest BCUT2D eigenvalue weighted by molar-refractivity contribution is 8.00. The molecular formula is C16H16N2O4S. The topological polar surface area (TPSA) is 81.5 Å². The first kappa shape index (κ1) is 16.8. The Kier molecular flexibility index (Phi) is 5.59. The summed E-state index contributed by atoms with van der Waals surface area (Å²) < 4.78 is 5.06. The lowest BCUT2D eigenvalue weighted by atomic mass is 10.3. The molecule has 0 aliphatic carbocycles. The van der Waals surface area contributed by atoms with Crippen molar-refractivity contribution in [1.29, 1.82) is 0 Å². The summed E-state index contributed by atoms with van der Waals surface area (Å²) in [7, 11) is 1.58. The maximum Gasteiger partial charge on any atom is 0.269 e. The number of anilines is 1. The number of hydrogen-bond donors (Lipinski definition) is 1. The maximum absolute atomic E-state index is 12.2. The summed E-state index contributed by atoms with van der Waals surface area (Å²) in [6.07, 6.45) is 0. The first-order valence-electron chi connectivity index (χ1n) is 6.85. The number of methoxy groups -OCH3 is 1. The SMILES string of the molecule is COc1ccc(NC(=O)[C@@H](C)Sc2ccc([N+](=O)[O-])cc2)cc1. The number of amides is 1. The third-order valence-electron chi connectivity index (χ3n) is 3.09. The summed E-state index contributed by atoms with van der Waals surface area (Å²) >= 11 is 1.34. The van der Waals surface area contributed by atoms with Gasteiger partial charge in [-0.1, -0.05) is 0 Å². The molecule has 0 unspecified atom stereocenters. The van der Waals surface area contributed by atoms with Crippen LogP contribution in [0, 0.1) is 10.1 Å². The van der Waals surface area contributed by atoms with E-state index < -0.39 is 4.92 Å². The highest BCUT2D eigenvalue weighted by atomic mass is 32.2. The molecule has 0 heterocycles. The van der Waals surface area contributed by atoms with Gasteiger partial charge in [0.2, 0.25) is 5.91 Å². The average Bonchev–Trinajstić information content (AvgIpc) is 2.56. The predicted molar refractivity (Wildman–Crippen MR) is 90.0 cm³/mol. The van der Waals surface area contributed by atoms with Gasteiger partial charge in [0.15, 0.2) is 0 Å². The van der Waals surface area contributed by atoms with Gasteiger partial charge in [-0.25, -0.2) is 0 Å². The van der Waals surface area contributed by atoms with E-state index in [2.05, 4.69) is 5.32 Å². The Morgan fingerprint density at radius 3 is 2.30 bits per heavy atom. The lowest BCUT2D eigenvalue weighted by molar-refractivity contribution is -0.384. The van der Waals surface area contributed by atoms with Gasteiger partial charge in [0.25, 0.3) is 5.69 Å². The zero-order chi connectivity index (χ0) is 16.8. The molecule has 6 nitrogen and oxygen atoms in total. The molecule has 23 heavy (non-hydrogen) atoms. The van der Waals surface area contributed by atoms with E-state index in [1.807, 2.05) is 0 Å². The first-order valence-corrected chi connectivity index (χ1v) is 7.73. The van der Waals surface area contributed by atoms with E-state index >= 15 is 0 Å². The molecule has 2 rings (SSSR count). The van der Waals surface area contributed by atoms with Crippen LogP contribution in [0.2, 0.25) is 0 Å². The van der Waals surface area contributed by atoms with Gasteiger partial charge < -0.3 is 10.1 Å². The van der Waals surface area contributed by atoms with Crippen molar-refractivity contribution in [1.82, 2.24) is 0 Å². The van der Waals surface area contributed by atoms with Gasteiger partial charge in [0, 0.05) is 22.7 Å². The number of thioether (sulfide) groups is 1. The highest BCUT2D eigenvalue weighted by Gasteiger charge is 2.15. The van der Waals surface area contributed by atoms with Crippen LogP contribution >= 0.6 is 11.8 Å². The zero-order valence-corrected chi connectivity index (χ0v) is 13.5. The number of carbonyl (C=O) groups is 1. The number of nitro groups is 1. The van der Waals surface area contributed by atoms with E-state index in [0.717, 1.165) is 10.6 Å². The lowest BCUT2D eigenvalue weighted by Gasteiger charge is -2.12. The molecule has 0 saturated heterocycles. The van der Waals surface area contributed by atoms with Crippen LogP contribution in [0.3, 0.4) is 0 Å². The second-order valence-electron chi connectivity index (χ2n) is 4.73. The number of ether oxygens (including phenoxy) is 1. The number of hydrogen-bond acceptors (Lipinski definition) is 5. The fourth-order valence-corrected chi connectivity index (χ4v) is 2.69. The molecule has 2 aromatic carbocycles. The van der Waals surface area contributed by atoms with Gasteiger partial charge >= 0.3 is 0 Å². The highest BCUT2D eigenvalue weighted by Crippen LogP contribution is 2.26. The largest absolute Gasteiger partial charge is 0.497 e. The van der Waals surface area contributed by atoms with Crippen LogP contribution in [0.4, 0.5) is 11.4 Å². The molecule has 0 aromatic heterocycles. The molecular weight excluding hydrogens is 316 g/mol. The Balaban J connectivity index is 1.94. The quantitative estimate of drug-likeness (QED) is 0.495. The fourth-order valence-electron chi connectivity index (χ4n) is 1.82. The van der Waals surface area contributed by atoms with Crippen LogP contribution < -0.4 is 10.1 Å². The van der Waals surface area contributed by atoms with Crippen LogP contribution in [-0.2, 0) is 4.79 Å². The minimum atomic E-state index is -0.450. The second kappa shape index (κ2) is 7.64. The van der Waals surface area contributed by atoms with Gasteiger partial charge in [-0.2, -0.15) is 0 Å². The van der Waals surface area contributed by atoms with Gasteiger partial charge in [-0.3, -0.25) is 14.9 Å². The third kappa shape index (κ3) is 4.72. The number of nitrogens with zero attached hydrogens (tertiary/aromatic N) is 1. The Morgan fingerprint density at radius 1 is 1.17 bits per heavy atom. The summed E-state index contributed by atoms with van der Waals surface area (Å²) in [4.78, 5) is 23.1. The van der Waals surface area contributed by atoms with Crippen molar-refractivity contribution in [2.24, 2.45) is 0 Å². The number of benzene rings is 2. The minimum absolute atomic E-state index is 0.0321. The van der Waals surface area contributed by atoms with Crippen molar-refractivity contribution in [3.63, 3.8) is 0 Å². The van der Waals surface area contributed by atoms with Crippen molar-refractivity contribution in [2.75, 3.05) is 12.4 Å². The number of carbonyl (C=O) groups excluding carboxylic acids is 1. The number of nitrogens with one attached hydrogen (secondary N) is 1. The van der Waals surface area contributed by atoms with Gasteiger partial charge in [-0.15, -0.1) is 11.8 Å². The molecule has 7 heteroatoms. The molecule has 0 spiro atoms. The zero-order valence-electron chi connectivity index (χ0n) is 12.7. The number of rotatable bonds is 6. The van der Waals surface area contributed by atoms with Crippen LogP contribution in [0.15, 0.2) is 53.4 Å². The third-order valence-corrected chi connectivity index (χ3v) is 4.20. The van der Waals surface area contributed by atoms with E-state index in [1.54, 1.807) is 50.4 Å². The Bertz CT molecular complexity index is 686. The molecule has 0 aliphatic heterocycles. The molecule has 0 bridgehead atoms. The molecule has 1 atom stereocenters. The number of non-ortho nitro benzene ring substituents is 1. The minimum Gasteiger partial charge on any atom is -0.497 e. The smallest absolute Gasteiger partial charge is 0.269 e. The van der Waals surface area contributed by atoms with Crippen molar-refractivity contribution in [2.45, 2.75) is 17.1 Å². The van der Waals surface area contributed by atoms with E-state index in [9.17, 15) is 14.9 Å². The Morgan fingerprint density at radius 2 is 1.78 bits per heavy atom. The van der Waals surface area contributed by atoms with Crippen LogP contribution in [0.25, 0.3) is 0 Å². The van der Waals surface area contributed by atoms with E-state index in [4.69, 9.17) is 4.74 Å². The van der Waals surface area contributed by atoms with E-state index in [0.29, 0.717) is 5.69 Å². The molecule has 1 N–H and O–H groups in total. The van der Waals surface area contributed by atoms with Crippen molar-refractivity contribution in [3.05, 3.63) is 58.6 Å². The summed E-state index contributed by atoms with van der Waals surface area (Å²) in [6, 6.07) is 13.2. The Labute approximate surface area is 138 Å². The van der Waals surface area contributed by atoms with E-state index in [1.165, 1.54) is 23.9 Å². The van der Waals surface area contributed by atoms with E-state index in [-0.39, 0.29) is 16.8 Å². The summed E-state index contributed by atoms with van der Waals surface area (Å²) in [5, 5.41) is 13.1. The second-order valence-corrected chi connectivity index (χ2v) is 6.14. The first-order chi connectivity index (χ1) is 11.0. The molecule has 0 aliphatic rings. The summed E-state index contributed by atoms with van der Waals surface area (Å²) in [5.74, 6) is 0.579.